The van der Waals surface area contributed by atoms with Crippen LogP contribution in [-0.4, -0.2) is 54.1 Å². The summed E-state index contributed by atoms with van der Waals surface area (Å²) in [7, 11) is -1.02. The van der Waals surface area contributed by atoms with Crippen LogP contribution in [0.2, 0.25) is 0 Å². The van der Waals surface area contributed by atoms with Gasteiger partial charge in [-0.1, -0.05) is 28.1 Å². The first-order valence-corrected chi connectivity index (χ1v) is 10.3. The molecular formula is C20H28BBrFNO3. The van der Waals surface area contributed by atoms with Gasteiger partial charge in [-0.3, -0.25) is 4.90 Å². The van der Waals surface area contributed by atoms with Gasteiger partial charge >= 0.3 is 7.12 Å². The van der Waals surface area contributed by atoms with Crippen molar-refractivity contribution in [1.82, 2.24) is 4.90 Å². The van der Waals surface area contributed by atoms with E-state index in [4.69, 9.17) is 9.31 Å². The molecule has 0 amide bonds. The van der Waals surface area contributed by atoms with Crippen molar-refractivity contribution in [1.29, 1.82) is 0 Å². The van der Waals surface area contributed by atoms with Crippen molar-refractivity contribution < 1.29 is 18.8 Å². The first kappa shape index (κ1) is 21.0. The fraction of sp³-hybridized carbons (Fsp3) is 0.600. The van der Waals surface area contributed by atoms with Gasteiger partial charge in [0.05, 0.1) is 17.3 Å². The van der Waals surface area contributed by atoms with E-state index in [1.54, 1.807) is 0 Å². The van der Waals surface area contributed by atoms with E-state index in [1.807, 2.05) is 52.0 Å². The summed E-state index contributed by atoms with van der Waals surface area (Å²) in [6.45, 7) is 9.47. The van der Waals surface area contributed by atoms with Crippen LogP contribution in [0.5, 0.6) is 0 Å². The van der Waals surface area contributed by atoms with Gasteiger partial charge in [0.1, 0.15) is 5.73 Å². The lowest BCUT2D eigenvalue weighted by Crippen LogP contribution is -2.41. The van der Waals surface area contributed by atoms with Crippen molar-refractivity contribution in [3.8, 4) is 0 Å². The predicted octanol–water partition coefficient (Wildman–Crippen LogP) is 4.22. The van der Waals surface area contributed by atoms with Crippen LogP contribution in [0.15, 0.2) is 34.5 Å². The molecule has 1 aromatic carbocycles. The highest BCUT2D eigenvalue weighted by atomic mass is 79.9. The van der Waals surface area contributed by atoms with E-state index >= 15 is 4.39 Å². The first-order valence-electron chi connectivity index (χ1n) is 9.49. The highest BCUT2D eigenvalue weighted by Crippen LogP contribution is 2.40. The van der Waals surface area contributed by atoms with Gasteiger partial charge in [-0.05, 0) is 64.8 Å². The van der Waals surface area contributed by atoms with E-state index in [-0.39, 0.29) is 6.10 Å². The van der Waals surface area contributed by atoms with Crippen molar-refractivity contribution >= 4 is 28.6 Å². The molecule has 1 unspecified atom stereocenters. The smallest absolute Gasteiger partial charge is 0.398 e. The maximum absolute atomic E-state index is 15.6. The number of hydrogen-bond donors (Lipinski definition) is 1. The molecule has 2 aliphatic rings. The maximum Gasteiger partial charge on any atom is 0.525 e. The van der Waals surface area contributed by atoms with Crippen LogP contribution in [0.3, 0.4) is 0 Å². The number of aliphatic hydroxyl groups is 1. The monoisotopic (exact) mass is 439 g/mol. The molecule has 0 bridgehead atoms. The molecule has 2 saturated heterocycles. The van der Waals surface area contributed by atoms with Gasteiger partial charge in [0.25, 0.3) is 0 Å². The number of rotatable bonds is 4. The summed E-state index contributed by atoms with van der Waals surface area (Å²) < 4.78 is 28.4. The topological polar surface area (TPSA) is 41.9 Å². The molecule has 4 nitrogen and oxygen atoms in total. The summed E-state index contributed by atoms with van der Waals surface area (Å²) in [5.41, 5.74) is -0.237. The quantitative estimate of drug-likeness (QED) is 0.713. The fourth-order valence-electron chi connectivity index (χ4n) is 3.44. The van der Waals surface area contributed by atoms with Crippen LogP contribution in [0, 0.1) is 0 Å². The maximum atomic E-state index is 15.6. The number of aliphatic hydroxyl groups excluding tert-OH is 1. The average Bonchev–Trinajstić information content (AvgIpc) is 2.81. The lowest BCUT2D eigenvalue weighted by Gasteiger charge is -2.32. The number of likely N-dealkylation sites (tertiary alicyclic amines) is 1. The Bertz CT molecular complexity index is 692. The molecule has 1 aromatic rings. The number of piperidine rings is 1. The van der Waals surface area contributed by atoms with E-state index in [0.717, 1.165) is 29.4 Å². The first-order chi connectivity index (χ1) is 12.6. The molecule has 2 heterocycles. The second-order valence-corrected chi connectivity index (χ2v) is 9.37. The third-order valence-corrected chi connectivity index (χ3v) is 6.33. The molecular weight excluding hydrogens is 412 g/mol. The van der Waals surface area contributed by atoms with E-state index < -0.39 is 24.0 Å². The zero-order chi connectivity index (χ0) is 19.8. The molecule has 1 atom stereocenters. The van der Waals surface area contributed by atoms with Crippen LogP contribution in [0.25, 0.3) is 5.57 Å². The highest BCUT2D eigenvalue weighted by Gasteiger charge is 2.53. The lowest BCUT2D eigenvalue weighted by atomic mass is 9.82. The number of hydrogen-bond acceptors (Lipinski definition) is 4. The van der Waals surface area contributed by atoms with Gasteiger partial charge in [0, 0.05) is 23.1 Å². The summed E-state index contributed by atoms with van der Waals surface area (Å²) in [4.78, 5) is 2.09. The van der Waals surface area contributed by atoms with Gasteiger partial charge < -0.3 is 14.4 Å². The Morgan fingerprint density at radius 2 is 1.81 bits per heavy atom. The van der Waals surface area contributed by atoms with Crippen molar-refractivity contribution in [3.05, 3.63) is 40.0 Å². The van der Waals surface area contributed by atoms with Crippen molar-refractivity contribution in [2.24, 2.45) is 0 Å². The largest absolute Gasteiger partial charge is 0.525 e. The van der Waals surface area contributed by atoms with Crippen LogP contribution < -0.4 is 0 Å². The highest BCUT2D eigenvalue weighted by molar-refractivity contribution is 9.10. The molecule has 7 heteroatoms. The van der Waals surface area contributed by atoms with Crippen LogP contribution in [0.4, 0.5) is 4.39 Å². The summed E-state index contributed by atoms with van der Waals surface area (Å²) >= 11 is 3.43. The van der Waals surface area contributed by atoms with Crippen LogP contribution in [0.1, 0.15) is 46.1 Å². The number of halogens is 2. The summed E-state index contributed by atoms with van der Waals surface area (Å²) in [6, 6.07) is 7.59. The summed E-state index contributed by atoms with van der Waals surface area (Å²) in [5.74, 6) is 0. The Morgan fingerprint density at radius 3 is 2.37 bits per heavy atom. The number of β-amino-alcohol motifs (C(OH)–C–C–N with tert-alkyl or cyclic N) is 1. The van der Waals surface area contributed by atoms with Gasteiger partial charge in [-0.25, -0.2) is 4.39 Å². The minimum absolute atomic E-state index is 0.357. The summed E-state index contributed by atoms with van der Waals surface area (Å²) in [5, 5.41) is 9.98. The van der Waals surface area contributed by atoms with Crippen LogP contribution >= 0.6 is 15.9 Å². The van der Waals surface area contributed by atoms with Gasteiger partial charge in [-0.2, -0.15) is 0 Å². The third kappa shape index (κ3) is 4.65. The molecule has 2 fully saturated rings. The Morgan fingerprint density at radius 1 is 1.22 bits per heavy atom. The molecule has 0 spiro atoms. The Hall–Kier alpha value is -0.725. The van der Waals surface area contributed by atoms with Crippen LogP contribution in [-0.2, 0) is 9.31 Å². The van der Waals surface area contributed by atoms with Crippen molar-refractivity contribution in [3.63, 3.8) is 0 Å². The molecule has 0 aliphatic carbocycles. The second kappa shape index (κ2) is 7.95. The third-order valence-electron chi connectivity index (χ3n) is 5.80. The van der Waals surface area contributed by atoms with Gasteiger partial charge in [-0.15, -0.1) is 0 Å². The Labute approximate surface area is 170 Å². The normalized spacial score (nSPS) is 26.2. The van der Waals surface area contributed by atoms with Crippen molar-refractivity contribution in [2.75, 3.05) is 19.6 Å². The zero-order valence-electron chi connectivity index (χ0n) is 16.5. The Kier molecular flexibility index (Phi) is 6.18. The molecule has 0 aromatic heterocycles. The second-order valence-electron chi connectivity index (χ2n) is 8.45. The predicted molar refractivity (Wildman–Crippen MR) is 110 cm³/mol. The van der Waals surface area contributed by atoms with E-state index in [1.165, 1.54) is 0 Å². The molecule has 27 heavy (non-hydrogen) atoms. The number of benzene rings is 1. The molecule has 148 valence electrons. The van der Waals surface area contributed by atoms with Gasteiger partial charge in [0.2, 0.25) is 0 Å². The molecule has 0 saturated carbocycles. The van der Waals surface area contributed by atoms with Gasteiger partial charge in [0.15, 0.2) is 0 Å². The minimum Gasteiger partial charge on any atom is -0.398 e. The standard InChI is InChI=1S/C20H28BBrFNO3/c1-19(2)20(3,4)27-21(26-19)18(23)17(14-7-9-15(22)10-8-14)13-24-11-5-6-16(25)12-24/h7-10,16,25H,5-6,11-13H2,1-4H3. The van der Waals surface area contributed by atoms with E-state index in [0.29, 0.717) is 18.7 Å². The fourth-order valence-corrected chi connectivity index (χ4v) is 3.71. The van der Waals surface area contributed by atoms with E-state index in [2.05, 4.69) is 20.8 Å². The molecule has 3 rings (SSSR count). The van der Waals surface area contributed by atoms with E-state index in [9.17, 15) is 5.11 Å². The zero-order valence-corrected chi connectivity index (χ0v) is 18.1. The molecule has 1 N–H and O–H groups in total. The average molecular weight is 440 g/mol. The number of nitrogens with zero attached hydrogens (tertiary/aromatic N) is 1. The summed E-state index contributed by atoms with van der Waals surface area (Å²) in [6.07, 6.45) is 1.35. The minimum atomic E-state index is -1.02. The Balaban J connectivity index is 1.93. The molecule has 2 aliphatic heterocycles. The SMILES string of the molecule is CC1(C)OB(C(F)=C(CN2CCCC(O)C2)c2ccc(Br)cc2)OC1(C)C. The lowest BCUT2D eigenvalue weighted by molar-refractivity contribution is 0.00578. The molecule has 0 radical (unpaired) electrons. The van der Waals surface area contributed by atoms with Crippen molar-refractivity contribution in [2.45, 2.75) is 57.8 Å².